The third kappa shape index (κ3) is 3.56. The highest BCUT2D eigenvalue weighted by Crippen LogP contribution is 2.31. The van der Waals surface area contributed by atoms with E-state index in [0.717, 1.165) is 35.5 Å². The molecule has 1 N–H and O–H groups in total. The molecule has 0 saturated carbocycles. The van der Waals surface area contributed by atoms with Crippen LogP contribution >= 0.6 is 0 Å². The number of rotatable bonds is 3. The molecule has 4 nitrogen and oxygen atoms in total. The first kappa shape index (κ1) is 18.0. The molecule has 2 aromatic rings. The quantitative estimate of drug-likeness (QED) is 0.887. The van der Waals surface area contributed by atoms with Crippen molar-refractivity contribution in [3.8, 4) is 0 Å². The molecule has 2 amide bonds. The molecule has 2 aromatic carbocycles. The number of nitrogens with one attached hydrogen (secondary N) is 1. The Hall–Kier alpha value is -2.83. The lowest BCUT2D eigenvalue weighted by Gasteiger charge is -2.28. The summed E-state index contributed by atoms with van der Waals surface area (Å²) in [6.07, 6.45) is -3.43. The van der Waals surface area contributed by atoms with Crippen molar-refractivity contribution in [2.24, 2.45) is 0 Å². The Morgan fingerprint density at radius 2 is 1.81 bits per heavy atom. The number of benzene rings is 2. The number of amides is 2. The summed E-state index contributed by atoms with van der Waals surface area (Å²) in [5, 5.41) is 2.69. The van der Waals surface area contributed by atoms with Gasteiger partial charge in [-0.25, -0.2) is 0 Å². The summed E-state index contributed by atoms with van der Waals surface area (Å²) >= 11 is 0. The van der Waals surface area contributed by atoms with E-state index < -0.39 is 17.6 Å². The number of halogens is 3. The maximum atomic E-state index is 12.6. The number of aryl methyl sites for hydroxylation is 1. The second kappa shape index (κ2) is 6.82. The first-order valence-electron chi connectivity index (χ1n) is 8.21. The summed E-state index contributed by atoms with van der Waals surface area (Å²) in [5.74, 6) is -0.417. The van der Waals surface area contributed by atoms with Crippen molar-refractivity contribution < 1.29 is 22.8 Å². The highest BCUT2D eigenvalue weighted by molar-refractivity contribution is 6.04. The molecule has 0 bridgehead atoms. The number of hydrogen-bond acceptors (Lipinski definition) is 2. The molecule has 0 radical (unpaired) electrons. The second-order valence-electron chi connectivity index (χ2n) is 6.01. The number of nitrogens with zero attached hydrogens (tertiary/aromatic N) is 1. The van der Waals surface area contributed by atoms with Crippen LogP contribution in [-0.2, 0) is 17.4 Å². The number of alkyl halides is 3. The maximum Gasteiger partial charge on any atom is 0.416 e. The van der Waals surface area contributed by atoms with E-state index in [4.69, 9.17) is 0 Å². The second-order valence-corrected chi connectivity index (χ2v) is 6.01. The molecule has 0 aliphatic carbocycles. The molecule has 0 unspecified atom stereocenters. The van der Waals surface area contributed by atoms with Gasteiger partial charge >= 0.3 is 6.18 Å². The number of anilines is 2. The molecule has 0 aromatic heterocycles. The summed E-state index contributed by atoms with van der Waals surface area (Å²) < 4.78 is 37.8. The first-order valence-corrected chi connectivity index (χ1v) is 8.21. The van der Waals surface area contributed by atoms with E-state index in [9.17, 15) is 22.8 Å². The summed E-state index contributed by atoms with van der Waals surface area (Å²) in [5.41, 5.74) is 1.67. The zero-order chi connectivity index (χ0) is 18.9. The number of carbonyl (C=O) groups excluding carboxylic acids is 2. The zero-order valence-corrected chi connectivity index (χ0v) is 14.1. The molecule has 1 aliphatic heterocycles. The van der Waals surface area contributed by atoms with Crippen LogP contribution < -0.4 is 10.2 Å². The molecule has 0 saturated heterocycles. The number of carbonyl (C=O) groups is 2. The third-order valence-electron chi connectivity index (χ3n) is 4.33. The van der Waals surface area contributed by atoms with Gasteiger partial charge < -0.3 is 10.2 Å². The predicted octanol–water partition coefficient (Wildman–Crippen LogP) is 4.26. The monoisotopic (exact) mass is 362 g/mol. The van der Waals surface area contributed by atoms with E-state index >= 15 is 0 Å². The number of hydrogen-bond donors (Lipinski definition) is 1. The predicted molar refractivity (Wildman–Crippen MR) is 92.2 cm³/mol. The smallest absolute Gasteiger partial charge is 0.322 e. The summed E-state index contributed by atoms with van der Waals surface area (Å²) in [7, 11) is 0. The minimum absolute atomic E-state index is 0.0709. The van der Waals surface area contributed by atoms with Crippen molar-refractivity contribution in [2.45, 2.75) is 25.9 Å². The first-order chi connectivity index (χ1) is 12.3. The van der Waals surface area contributed by atoms with Crippen LogP contribution in [-0.4, -0.2) is 18.4 Å². The fourth-order valence-electron chi connectivity index (χ4n) is 3.00. The highest BCUT2D eigenvalue weighted by atomic mass is 19.4. The minimum Gasteiger partial charge on any atom is -0.322 e. The average Bonchev–Trinajstić information content (AvgIpc) is 2.61. The van der Waals surface area contributed by atoms with Crippen LogP contribution in [0.25, 0.3) is 0 Å². The summed E-state index contributed by atoms with van der Waals surface area (Å²) in [6, 6.07) is 9.31. The van der Waals surface area contributed by atoms with Crippen molar-refractivity contribution in [1.29, 1.82) is 0 Å². The van der Waals surface area contributed by atoms with Crippen molar-refractivity contribution in [3.63, 3.8) is 0 Å². The summed E-state index contributed by atoms with van der Waals surface area (Å²) in [4.78, 5) is 25.9. The van der Waals surface area contributed by atoms with Crippen molar-refractivity contribution in [2.75, 3.05) is 16.8 Å². The molecule has 0 spiro atoms. The average molecular weight is 362 g/mol. The van der Waals surface area contributed by atoms with Gasteiger partial charge in [0, 0.05) is 29.9 Å². The third-order valence-corrected chi connectivity index (χ3v) is 4.33. The van der Waals surface area contributed by atoms with E-state index in [1.54, 1.807) is 23.1 Å². The molecular formula is C19H17F3N2O2. The molecule has 26 heavy (non-hydrogen) atoms. The normalized spacial score (nSPS) is 14.2. The van der Waals surface area contributed by atoms with Gasteiger partial charge in [0.2, 0.25) is 5.91 Å². The van der Waals surface area contributed by atoms with E-state index in [0.29, 0.717) is 25.1 Å². The van der Waals surface area contributed by atoms with Crippen LogP contribution in [0.4, 0.5) is 24.5 Å². The topological polar surface area (TPSA) is 49.4 Å². The van der Waals surface area contributed by atoms with Crippen molar-refractivity contribution in [1.82, 2.24) is 0 Å². The van der Waals surface area contributed by atoms with Crippen LogP contribution in [0.5, 0.6) is 0 Å². The van der Waals surface area contributed by atoms with Gasteiger partial charge in [0.1, 0.15) is 0 Å². The molecule has 3 rings (SSSR count). The molecule has 0 atom stereocenters. The van der Waals surface area contributed by atoms with Crippen molar-refractivity contribution >= 4 is 23.2 Å². The van der Waals surface area contributed by atoms with E-state index in [-0.39, 0.29) is 11.5 Å². The van der Waals surface area contributed by atoms with Crippen LogP contribution in [0.15, 0.2) is 42.5 Å². The fraction of sp³-hybridized carbons (Fsp3) is 0.263. The Morgan fingerprint density at radius 3 is 2.42 bits per heavy atom. The Kier molecular flexibility index (Phi) is 4.71. The molecule has 7 heteroatoms. The number of fused-ring (bicyclic) bond motifs is 1. The van der Waals surface area contributed by atoms with Crippen LogP contribution in [0.1, 0.15) is 34.8 Å². The fourth-order valence-corrected chi connectivity index (χ4v) is 3.00. The lowest BCUT2D eigenvalue weighted by Crippen LogP contribution is -2.34. The molecule has 1 aliphatic rings. The van der Waals surface area contributed by atoms with Gasteiger partial charge in [0.05, 0.1) is 5.56 Å². The van der Waals surface area contributed by atoms with Gasteiger partial charge in [-0.1, -0.05) is 0 Å². The zero-order valence-electron chi connectivity index (χ0n) is 14.1. The van der Waals surface area contributed by atoms with Gasteiger partial charge in [0.25, 0.3) is 5.91 Å². The molecule has 1 heterocycles. The Bertz CT molecular complexity index is 845. The molecule has 0 fully saturated rings. The largest absolute Gasteiger partial charge is 0.416 e. The van der Waals surface area contributed by atoms with Gasteiger partial charge in [-0.2, -0.15) is 13.2 Å². The Morgan fingerprint density at radius 1 is 1.12 bits per heavy atom. The van der Waals surface area contributed by atoms with Crippen LogP contribution in [0.2, 0.25) is 0 Å². The van der Waals surface area contributed by atoms with Crippen LogP contribution in [0.3, 0.4) is 0 Å². The van der Waals surface area contributed by atoms with E-state index in [1.165, 1.54) is 0 Å². The lowest BCUT2D eigenvalue weighted by atomic mass is 10.0. The molecular weight excluding hydrogens is 345 g/mol. The van der Waals surface area contributed by atoms with E-state index in [2.05, 4.69) is 5.32 Å². The van der Waals surface area contributed by atoms with Crippen molar-refractivity contribution in [3.05, 3.63) is 59.2 Å². The maximum absolute atomic E-state index is 12.6. The van der Waals surface area contributed by atoms with Gasteiger partial charge in [-0.05, 0) is 61.4 Å². The van der Waals surface area contributed by atoms with Gasteiger partial charge in [0.15, 0.2) is 0 Å². The Labute approximate surface area is 148 Å². The molecule has 136 valence electrons. The lowest BCUT2D eigenvalue weighted by molar-refractivity contribution is -0.137. The standard InChI is InChI=1S/C19H17F3N2O2/c1-2-24-16-9-8-15(11-13(16)5-10-17(24)25)23-18(26)12-3-6-14(7-4-12)19(20,21)22/h3-4,6-9,11H,2,5,10H2,1H3,(H,23,26). The van der Waals surface area contributed by atoms with Crippen LogP contribution in [0, 0.1) is 0 Å². The highest BCUT2D eigenvalue weighted by Gasteiger charge is 2.30. The van der Waals surface area contributed by atoms with Gasteiger partial charge in [-0.3, -0.25) is 9.59 Å². The van der Waals surface area contributed by atoms with Gasteiger partial charge in [-0.15, -0.1) is 0 Å². The SMILES string of the molecule is CCN1C(=O)CCc2cc(NC(=O)c3ccc(C(F)(F)F)cc3)ccc21. The minimum atomic E-state index is -4.43. The summed E-state index contributed by atoms with van der Waals surface area (Å²) in [6.45, 7) is 2.47. The van der Waals surface area contributed by atoms with E-state index in [1.807, 2.05) is 6.92 Å². The Balaban J connectivity index is 1.77.